The van der Waals surface area contributed by atoms with Gasteiger partial charge in [0.05, 0.1) is 5.02 Å². The van der Waals surface area contributed by atoms with Gasteiger partial charge in [0.1, 0.15) is 0 Å². The van der Waals surface area contributed by atoms with Crippen LogP contribution in [0.4, 0.5) is 0 Å². The molecule has 1 aromatic carbocycles. The summed E-state index contributed by atoms with van der Waals surface area (Å²) in [5, 5.41) is 4.64. The molecule has 2 aromatic rings. The highest BCUT2D eigenvalue weighted by Gasteiger charge is 2.13. The molecule has 0 spiro atoms. The fourth-order valence-electron chi connectivity index (χ4n) is 2.22. The fraction of sp³-hybridized carbons (Fsp3) is 0.467. The maximum absolute atomic E-state index is 6.12. The Morgan fingerprint density at radius 3 is 2.80 bits per heavy atom. The lowest BCUT2D eigenvalue weighted by atomic mass is 9.97. The molecule has 2 rings (SSSR count). The van der Waals surface area contributed by atoms with E-state index in [1.54, 1.807) is 0 Å². The molecule has 0 fully saturated rings. The fourth-order valence-corrected chi connectivity index (χ4v) is 2.44. The van der Waals surface area contributed by atoms with Gasteiger partial charge in [-0.3, -0.25) is 0 Å². The molecule has 1 unspecified atom stereocenters. The van der Waals surface area contributed by atoms with E-state index in [-0.39, 0.29) is 0 Å². The average molecular weight is 294 g/mol. The first kappa shape index (κ1) is 15.0. The molecule has 0 aliphatic carbocycles. The van der Waals surface area contributed by atoms with Gasteiger partial charge in [-0.2, -0.15) is 4.98 Å². The van der Waals surface area contributed by atoms with E-state index in [1.807, 2.05) is 24.3 Å². The van der Waals surface area contributed by atoms with Crippen molar-refractivity contribution in [3.8, 4) is 11.4 Å². The van der Waals surface area contributed by atoms with Crippen LogP contribution in [0.3, 0.4) is 0 Å². The molecule has 20 heavy (non-hydrogen) atoms. The number of halogens is 1. The van der Waals surface area contributed by atoms with Crippen molar-refractivity contribution in [3.05, 3.63) is 35.2 Å². The highest BCUT2D eigenvalue weighted by atomic mass is 35.5. The Morgan fingerprint density at radius 2 is 2.10 bits per heavy atom. The standard InChI is InChI=1S/C15H20ClN3O/c1-2-11(9-10-17)7-8-14-18-15(19-20-14)12-5-3-4-6-13(12)16/h3-6,11H,2,7-10,17H2,1H3. The second-order valence-electron chi connectivity index (χ2n) is 4.88. The number of rotatable bonds is 7. The van der Waals surface area contributed by atoms with Gasteiger partial charge in [-0.15, -0.1) is 0 Å². The van der Waals surface area contributed by atoms with Crippen LogP contribution in [0, 0.1) is 5.92 Å². The third kappa shape index (κ3) is 3.81. The molecule has 0 bridgehead atoms. The first-order chi connectivity index (χ1) is 9.74. The van der Waals surface area contributed by atoms with Crippen molar-refractivity contribution < 1.29 is 4.52 Å². The second-order valence-corrected chi connectivity index (χ2v) is 5.29. The summed E-state index contributed by atoms with van der Waals surface area (Å²) in [6.07, 6.45) is 3.98. The van der Waals surface area contributed by atoms with Crippen molar-refractivity contribution >= 4 is 11.6 Å². The van der Waals surface area contributed by atoms with Crippen LogP contribution in [0.5, 0.6) is 0 Å². The smallest absolute Gasteiger partial charge is 0.226 e. The van der Waals surface area contributed by atoms with E-state index in [9.17, 15) is 0 Å². The molecular formula is C15H20ClN3O. The Morgan fingerprint density at radius 1 is 1.30 bits per heavy atom. The van der Waals surface area contributed by atoms with Crippen molar-refractivity contribution in [1.29, 1.82) is 0 Å². The Hall–Kier alpha value is -1.39. The topological polar surface area (TPSA) is 64.9 Å². The highest BCUT2D eigenvalue weighted by Crippen LogP contribution is 2.25. The summed E-state index contributed by atoms with van der Waals surface area (Å²) in [5.41, 5.74) is 6.41. The minimum atomic E-state index is 0.553. The number of nitrogens with two attached hydrogens (primary N) is 1. The van der Waals surface area contributed by atoms with Crippen LogP contribution in [-0.4, -0.2) is 16.7 Å². The van der Waals surface area contributed by atoms with E-state index in [2.05, 4.69) is 17.1 Å². The molecule has 2 N–H and O–H groups in total. The summed E-state index contributed by atoms with van der Waals surface area (Å²) in [6, 6.07) is 7.50. The number of aryl methyl sites for hydroxylation is 1. The van der Waals surface area contributed by atoms with E-state index in [1.165, 1.54) is 0 Å². The summed E-state index contributed by atoms with van der Waals surface area (Å²) >= 11 is 6.12. The van der Waals surface area contributed by atoms with Crippen LogP contribution in [0.1, 0.15) is 32.1 Å². The van der Waals surface area contributed by atoms with Gasteiger partial charge in [0.15, 0.2) is 0 Å². The van der Waals surface area contributed by atoms with Gasteiger partial charge < -0.3 is 10.3 Å². The molecular weight excluding hydrogens is 274 g/mol. The van der Waals surface area contributed by atoms with E-state index >= 15 is 0 Å². The normalized spacial score (nSPS) is 12.6. The molecule has 0 aliphatic heterocycles. The summed E-state index contributed by atoms with van der Waals surface area (Å²) in [4.78, 5) is 4.41. The largest absolute Gasteiger partial charge is 0.339 e. The molecule has 4 nitrogen and oxygen atoms in total. The third-order valence-electron chi connectivity index (χ3n) is 3.50. The maximum atomic E-state index is 6.12. The van der Waals surface area contributed by atoms with Crippen molar-refractivity contribution in [3.63, 3.8) is 0 Å². The van der Waals surface area contributed by atoms with Gasteiger partial charge in [0.25, 0.3) is 0 Å². The monoisotopic (exact) mass is 293 g/mol. The summed E-state index contributed by atoms with van der Waals surface area (Å²) in [5.74, 6) is 1.84. The summed E-state index contributed by atoms with van der Waals surface area (Å²) in [6.45, 7) is 2.91. The lowest BCUT2D eigenvalue weighted by molar-refractivity contribution is 0.354. The molecule has 5 heteroatoms. The Balaban J connectivity index is 2.01. The van der Waals surface area contributed by atoms with Gasteiger partial charge >= 0.3 is 0 Å². The van der Waals surface area contributed by atoms with Crippen LogP contribution >= 0.6 is 11.6 Å². The minimum absolute atomic E-state index is 0.553. The number of hydrogen-bond donors (Lipinski definition) is 1. The van der Waals surface area contributed by atoms with E-state index in [0.717, 1.165) is 37.8 Å². The molecule has 1 aromatic heterocycles. The first-order valence-electron chi connectivity index (χ1n) is 7.02. The third-order valence-corrected chi connectivity index (χ3v) is 3.83. The van der Waals surface area contributed by atoms with Crippen LogP contribution in [0.15, 0.2) is 28.8 Å². The zero-order valence-corrected chi connectivity index (χ0v) is 12.4. The summed E-state index contributed by atoms with van der Waals surface area (Å²) < 4.78 is 5.30. The highest BCUT2D eigenvalue weighted by molar-refractivity contribution is 6.33. The summed E-state index contributed by atoms with van der Waals surface area (Å²) in [7, 11) is 0. The molecule has 0 amide bonds. The molecule has 0 aliphatic rings. The zero-order valence-electron chi connectivity index (χ0n) is 11.7. The van der Waals surface area contributed by atoms with Crippen molar-refractivity contribution in [1.82, 2.24) is 10.1 Å². The quantitative estimate of drug-likeness (QED) is 0.845. The SMILES string of the molecule is CCC(CCN)CCc1nc(-c2ccccc2Cl)no1. The number of benzene rings is 1. The van der Waals surface area contributed by atoms with E-state index in [4.69, 9.17) is 21.9 Å². The Kier molecular flexibility index (Phi) is 5.56. The number of hydrogen-bond acceptors (Lipinski definition) is 4. The Bertz CT molecular complexity index is 541. The molecule has 1 heterocycles. The lowest BCUT2D eigenvalue weighted by Crippen LogP contribution is -2.09. The van der Waals surface area contributed by atoms with E-state index in [0.29, 0.717) is 22.7 Å². The van der Waals surface area contributed by atoms with Crippen LogP contribution in [0.25, 0.3) is 11.4 Å². The molecule has 108 valence electrons. The predicted molar refractivity (Wildman–Crippen MR) is 80.5 cm³/mol. The molecule has 0 radical (unpaired) electrons. The maximum Gasteiger partial charge on any atom is 0.226 e. The van der Waals surface area contributed by atoms with Crippen molar-refractivity contribution in [2.24, 2.45) is 11.7 Å². The number of aromatic nitrogens is 2. The molecule has 0 saturated heterocycles. The van der Waals surface area contributed by atoms with Crippen molar-refractivity contribution in [2.45, 2.75) is 32.6 Å². The van der Waals surface area contributed by atoms with Gasteiger partial charge in [-0.25, -0.2) is 0 Å². The van der Waals surface area contributed by atoms with E-state index < -0.39 is 0 Å². The second kappa shape index (κ2) is 7.41. The molecule has 0 saturated carbocycles. The number of nitrogens with zero attached hydrogens (tertiary/aromatic N) is 2. The zero-order chi connectivity index (χ0) is 14.4. The van der Waals surface area contributed by atoms with Gasteiger partial charge in [0, 0.05) is 12.0 Å². The van der Waals surface area contributed by atoms with Gasteiger partial charge in [-0.05, 0) is 37.4 Å². The van der Waals surface area contributed by atoms with Gasteiger partial charge in [0.2, 0.25) is 11.7 Å². The van der Waals surface area contributed by atoms with Crippen LogP contribution < -0.4 is 5.73 Å². The van der Waals surface area contributed by atoms with Crippen molar-refractivity contribution in [2.75, 3.05) is 6.54 Å². The first-order valence-corrected chi connectivity index (χ1v) is 7.40. The lowest BCUT2D eigenvalue weighted by Gasteiger charge is -2.11. The van der Waals surface area contributed by atoms with Gasteiger partial charge in [-0.1, -0.05) is 42.2 Å². The minimum Gasteiger partial charge on any atom is -0.339 e. The Labute approximate surface area is 124 Å². The molecule has 1 atom stereocenters. The predicted octanol–water partition coefficient (Wildman–Crippen LogP) is 3.70. The van der Waals surface area contributed by atoms with Crippen LogP contribution in [0.2, 0.25) is 5.02 Å². The van der Waals surface area contributed by atoms with Crippen LogP contribution in [-0.2, 0) is 6.42 Å². The average Bonchev–Trinajstić information content (AvgIpc) is 2.92.